The fraction of sp³-hybridized carbons (Fsp3) is 0.0500. The summed E-state index contributed by atoms with van der Waals surface area (Å²) in [5, 5.41) is 30.3. The van der Waals surface area contributed by atoms with Gasteiger partial charge in [0.05, 0.1) is 32.7 Å². The van der Waals surface area contributed by atoms with Gasteiger partial charge in [-0.2, -0.15) is 0 Å². The van der Waals surface area contributed by atoms with Gasteiger partial charge in [0.15, 0.2) is 11.8 Å². The molecule has 5 aromatic carbocycles. The predicted octanol–water partition coefficient (Wildman–Crippen LogP) is 5.34. The summed E-state index contributed by atoms with van der Waals surface area (Å²) in [5.41, 5.74) is 1.08. The van der Waals surface area contributed by atoms with Crippen LogP contribution < -0.4 is 22.2 Å². The molecule has 4 heterocycles. The number of H-pyrrole nitrogens is 4. The van der Waals surface area contributed by atoms with Gasteiger partial charge in [0.1, 0.15) is 12.1 Å². The fourth-order valence-corrected chi connectivity index (χ4v) is 7.40. The molecule has 0 aliphatic carbocycles. The minimum absolute atomic E-state index is 0.182. The molecular formula is C40H28N6O6. The summed E-state index contributed by atoms with van der Waals surface area (Å²) in [6.07, 6.45) is 0. The lowest BCUT2D eigenvalue weighted by Crippen LogP contribution is -2.34. The molecule has 0 aliphatic heterocycles. The average molecular weight is 689 g/mol. The van der Waals surface area contributed by atoms with E-state index in [2.05, 4.69) is 20.2 Å². The standard InChI is InChI=1S/C40H28N6O6/c47-35-23-9-1-3-11-25(23)39(51)45(43-35)33(31-27-13-5-7-15-29(27)41-37(31)49)21-17-19-22(20-18-21)34(32-28-14-6-8-16-30(28)42-38(32)50)46-40(52)26-12-4-2-10-24(26)36(48)44-46/h1-20,33-34,41-42,49-50H,(H,43,47)(H,44,48). The molecule has 12 heteroatoms. The number of aromatic amines is 4. The Morgan fingerprint density at radius 2 is 0.750 bits per heavy atom. The molecule has 0 saturated carbocycles. The van der Waals surface area contributed by atoms with E-state index >= 15 is 0 Å². The van der Waals surface area contributed by atoms with Crippen LogP contribution in [0.25, 0.3) is 43.4 Å². The first kappa shape index (κ1) is 30.7. The Labute approximate surface area is 291 Å². The van der Waals surface area contributed by atoms with Crippen molar-refractivity contribution in [3.63, 3.8) is 0 Å². The van der Waals surface area contributed by atoms with E-state index < -0.39 is 34.3 Å². The van der Waals surface area contributed by atoms with E-state index in [0.717, 1.165) is 0 Å². The minimum Gasteiger partial charge on any atom is -0.494 e. The molecule has 52 heavy (non-hydrogen) atoms. The number of aromatic nitrogens is 6. The van der Waals surface area contributed by atoms with E-state index in [1.165, 1.54) is 9.36 Å². The Balaban J connectivity index is 1.29. The quantitative estimate of drug-likeness (QED) is 0.137. The molecule has 0 bridgehead atoms. The van der Waals surface area contributed by atoms with Crippen LogP contribution in [0.4, 0.5) is 0 Å². The van der Waals surface area contributed by atoms with Gasteiger partial charge in [-0.25, -0.2) is 9.36 Å². The molecule has 2 atom stereocenters. The van der Waals surface area contributed by atoms with Gasteiger partial charge in [0.2, 0.25) is 0 Å². The fourth-order valence-electron chi connectivity index (χ4n) is 7.40. The lowest BCUT2D eigenvalue weighted by atomic mass is 9.93. The zero-order chi connectivity index (χ0) is 35.7. The van der Waals surface area contributed by atoms with Crippen molar-refractivity contribution < 1.29 is 10.2 Å². The molecule has 0 amide bonds. The number of hydrogen-bond donors (Lipinski definition) is 6. The van der Waals surface area contributed by atoms with Crippen molar-refractivity contribution in [2.45, 2.75) is 12.1 Å². The third-order valence-electron chi connectivity index (χ3n) is 9.77. The van der Waals surface area contributed by atoms with Crippen LogP contribution in [0, 0.1) is 0 Å². The average Bonchev–Trinajstić information content (AvgIpc) is 3.68. The number of aromatic hydroxyl groups is 2. The van der Waals surface area contributed by atoms with Crippen LogP contribution in [0.15, 0.2) is 141 Å². The van der Waals surface area contributed by atoms with Crippen LogP contribution in [0.3, 0.4) is 0 Å². The first-order chi connectivity index (χ1) is 25.3. The normalized spacial score (nSPS) is 12.9. The number of hydrogen-bond acceptors (Lipinski definition) is 6. The van der Waals surface area contributed by atoms with Gasteiger partial charge in [-0.05, 0) is 47.5 Å². The highest BCUT2D eigenvalue weighted by atomic mass is 16.3. The van der Waals surface area contributed by atoms with Gasteiger partial charge in [-0.3, -0.25) is 29.4 Å². The number of rotatable bonds is 6. The number of nitrogens with zero attached hydrogens (tertiary/aromatic N) is 2. The molecule has 0 saturated heterocycles. The summed E-state index contributed by atoms with van der Waals surface area (Å²) in [5.74, 6) is -0.365. The van der Waals surface area contributed by atoms with Gasteiger partial charge >= 0.3 is 0 Å². The molecule has 9 aromatic rings. The van der Waals surface area contributed by atoms with E-state index in [9.17, 15) is 29.4 Å². The minimum atomic E-state index is -1.02. The zero-order valence-corrected chi connectivity index (χ0v) is 27.1. The Kier molecular flexibility index (Phi) is 6.87. The smallest absolute Gasteiger partial charge is 0.274 e. The predicted molar refractivity (Wildman–Crippen MR) is 199 cm³/mol. The molecule has 4 aromatic heterocycles. The Morgan fingerprint density at radius 1 is 0.423 bits per heavy atom. The van der Waals surface area contributed by atoms with Crippen LogP contribution in [0.5, 0.6) is 11.8 Å². The summed E-state index contributed by atoms with van der Waals surface area (Å²) < 4.78 is 2.42. The van der Waals surface area contributed by atoms with Gasteiger partial charge < -0.3 is 20.2 Å². The first-order valence-corrected chi connectivity index (χ1v) is 16.5. The lowest BCUT2D eigenvalue weighted by molar-refractivity contribution is 0.437. The Hall–Kier alpha value is -7.34. The number of para-hydroxylation sites is 2. The van der Waals surface area contributed by atoms with Crippen molar-refractivity contribution in [1.82, 2.24) is 29.5 Å². The Bertz CT molecular complexity index is 2900. The summed E-state index contributed by atoms with van der Waals surface area (Å²) in [6, 6.07) is 32.4. The molecular weight excluding hydrogens is 660 g/mol. The summed E-state index contributed by atoms with van der Waals surface area (Å²) in [7, 11) is 0. The summed E-state index contributed by atoms with van der Waals surface area (Å²) >= 11 is 0. The number of nitrogens with one attached hydrogen (secondary N) is 4. The Morgan fingerprint density at radius 3 is 1.13 bits per heavy atom. The second-order valence-corrected chi connectivity index (χ2v) is 12.7. The van der Waals surface area contributed by atoms with Crippen molar-refractivity contribution >= 4 is 43.4 Å². The summed E-state index contributed by atoms with van der Waals surface area (Å²) in [6.45, 7) is 0. The van der Waals surface area contributed by atoms with Crippen LogP contribution in [-0.4, -0.2) is 39.7 Å². The summed E-state index contributed by atoms with van der Waals surface area (Å²) in [4.78, 5) is 60.9. The van der Waals surface area contributed by atoms with E-state index in [4.69, 9.17) is 0 Å². The van der Waals surface area contributed by atoms with Gasteiger partial charge in [0, 0.05) is 21.8 Å². The molecule has 254 valence electrons. The number of benzene rings is 5. The van der Waals surface area contributed by atoms with E-state index in [1.54, 1.807) is 84.9 Å². The maximum atomic E-state index is 14.1. The molecule has 12 nitrogen and oxygen atoms in total. The zero-order valence-electron chi connectivity index (χ0n) is 27.1. The van der Waals surface area contributed by atoms with Crippen LogP contribution in [-0.2, 0) is 0 Å². The van der Waals surface area contributed by atoms with Crippen molar-refractivity contribution in [3.05, 3.63) is 185 Å². The molecule has 0 aliphatic rings. The van der Waals surface area contributed by atoms with Crippen molar-refractivity contribution in [3.8, 4) is 11.8 Å². The maximum absolute atomic E-state index is 14.1. The topological polar surface area (TPSA) is 182 Å². The second-order valence-electron chi connectivity index (χ2n) is 12.7. The monoisotopic (exact) mass is 688 g/mol. The van der Waals surface area contributed by atoms with E-state index in [0.29, 0.717) is 44.1 Å². The van der Waals surface area contributed by atoms with E-state index in [1.807, 2.05) is 36.4 Å². The first-order valence-electron chi connectivity index (χ1n) is 16.5. The molecule has 9 rings (SSSR count). The molecule has 0 radical (unpaired) electrons. The number of fused-ring (bicyclic) bond motifs is 4. The van der Waals surface area contributed by atoms with Gasteiger partial charge in [-0.1, -0.05) is 84.9 Å². The molecule has 2 unspecified atom stereocenters. The van der Waals surface area contributed by atoms with Crippen LogP contribution >= 0.6 is 0 Å². The highest BCUT2D eigenvalue weighted by molar-refractivity contribution is 5.88. The SMILES string of the molecule is O=c1[nH]n(C(c2ccc(C(c3c(O)[nH]c4ccccc34)n3[nH]c(=O)c4ccccc4c3=O)cc2)c2c(O)[nH]c3ccccc23)c(=O)c2ccccc12. The third-order valence-corrected chi connectivity index (χ3v) is 9.77. The van der Waals surface area contributed by atoms with E-state index in [-0.39, 0.29) is 33.3 Å². The largest absolute Gasteiger partial charge is 0.494 e. The van der Waals surface area contributed by atoms with Crippen LogP contribution in [0.2, 0.25) is 0 Å². The van der Waals surface area contributed by atoms with Crippen molar-refractivity contribution in [1.29, 1.82) is 0 Å². The van der Waals surface area contributed by atoms with Crippen LogP contribution in [0.1, 0.15) is 34.3 Å². The maximum Gasteiger partial charge on any atom is 0.274 e. The van der Waals surface area contributed by atoms with Gasteiger partial charge in [0.25, 0.3) is 22.2 Å². The van der Waals surface area contributed by atoms with Gasteiger partial charge in [-0.15, -0.1) is 0 Å². The third kappa shape index (κ3) is 4.62. The molecule has 0 fully saturated rings. The molecule has 6 N–H and O–H groups in total. The molecule has 0 spiro atoms. The van der Waals surface area contributed by atoms with Crippen molar-refractivity contribution in [2.75, 3.05) is 0 Å². The second kappa shape index (κ2) is 11.6. The van der Waals surface area contributed by atoms with Crippen molar-refractivity contribution in [2.24, 2.45) is 0 Å². The lowest BCUT2D eigenvalue weighted by Gasteiger charge is -2.23. The highest BCUT2D eigenvalue weighted by Gasteiger charge is 2.30. The highest BCUT2D eigenvalue weighted by Crippen LogP contribution is 2.40.